The van der Waals surface area contributed by atoms with E-state index < -0.39 is 15.6 Å². The average molecular weight is 376 g/mol. The smallest absolute Gasteiger partial charge is 0.240 e. The van der Waals surface area contributed by atoms with Crippen LogP contribution in [-0.4, -0.2) is 25.7 Å². The lowest BCUT2D eigenvalue weighted by molar-refractivity contribution is -0.00442. The molecule has 1 aliphatic carbocycles. The fourth-order valence-corrected chi connectivity index (χ4v) is 4.46. The molecule has 1 saturated carbocycles. The van der Waals surface area contributed by atoms with Gasteiger partial charge in [-0.25, -0.2) is 13.1 Å². The highest BCUT2D eigenvalue weighted by molar-refractivity contribution is 9.10. The van der Waals surface area contributed by atoms with Gasteiger partial charge in [-0.05, 0) is 49.8 Å². The number of hydrogen-bond acceptors (Lipinski definition) is 3. The molecule has 0 radical (unpaired) electrons. The zero-order valence-electron chi connectivity index (χ0n) is 12.2. The van der Waals surface area contributed by atoms with E-state index >= 15 is 0 Å². The zero-order valence-corrected chi connectivity index (χ0v) is 14.6. The molecule has 0 amide bonds. The van der Waals surface area contributed by atoms with Gasteiger partial charge >= 0.3 is 0 Å². The Morgan fingerprint density at radius 2 is 2.05 bits per heavy atom. The molecular formula is C15H22BrNO3S. The monoisotopic (exact) mass is 375 g/mol. The van der Waals surface area contributed by atoms with Crippen molar-refractivity contribution in [2.75, 3.05) is 6.54 Å². The van der Waals surface area contributed by atoms with E-state index in [0.29, 0.717) is 23.2 Å². The van der Waals surface area contributed by atoms with Crippen LogP contribution >= 0.6 is 15.9 Å². The van der Waals surface area contributed by atoms with Crippen LogP contribution in [-0.2, 0) is 10.0 Å². The van der Waals surface area contributed by atoms with E-state index in [1.807, 2.05) is 0 Å². The van der Waals surface area contributed by atoms with Gasteiger partial charge in [0.1, 0.15) is 0 Å². The maximum Gasteiger partial charge on any atom is 0.240 e. The van der Waals surface area contributed by atoms with Crippen LogP contribution in [0.25, 0.3) is 0 Å². The molecule has 2 N–H and O–H groups in total. The van der Waals surface area contributed by atoms with Crippen molar-refractivity contribution in [1.29, 1.82) is 0 Å². The molecule has 1 aromatic carbocycles. The number of nitrogens with one attached hydrogen (secondary N) is 1. The van der Waals surface area contributed by atoms with E-state index in [1.165, 1.54) is 0 Å². The summed E-state index contributed by atoms with van der Waals surface area (Å²) in [5.74, 6) is 0.659. The first-order valence-corrected chi connectivity index (χ1v) is 9.60. The van der Waals surface area contributed by atoms with Crippen LogP contribution < -0.4 is 4.72 Å². The van der Waals surface area contributed by atoms with Gasteiger partial charge in [0.25, 0.3) is 0 Å². The topological polar surface area (TPSA) is 66.4 Å². The van der Waals surface area contributed by atoms with Gasteiger partial charge in [0.05, 0.1) is 10.5 Å². The van der Waals surface area contributed by atoms with E-state index in [2.05, 4.69) is 27.6 Å². The van der Waals surface area contributed by atoms with Gasteiger partial charge in [0.2, 0.25) is 10.0 Å². The highest BCUT2D eigenvalue weighted by atomic mass is 79.9. The van der Waals surface area contributed by atoms with E-state index in [-0.39, 0.29) is 11.4 Å². The molecule has 0 spiro atoms. The second-order valence-electron chi connectivity index (χ2n) is 5.86. The molecule has 4 nitrogen and oxygen atoms in total. The molecule has 2 rings (SSSR count). The van der Waals surface area contributed by atoms with E-state index in [9.17, 15) is 13.5 Å². The Kier molecular flexibility index (Phi) is 5.46. The summed E-state index contributed by atoms with van der Waals surface area (Å²) in [7, 11) is -3.58. The summed E-state index contributed by atoms with van der Waals surface area (Å²) in [4.78, 5) is 0.211. The number of benzene rings is 1. The quantitative estimate of drug-likeness (QED) is 0.830. The fourth-order valence-electron chi connectivity index (χ4n) is 2.75. The van der Waals surface area contributed by atoms with Crippen LogP contribution in [0.1, 0.15) is 39.0 Å². The molecule has 0 atom stereocenters. The van der Waals surface area contributed by atoms with Crippen LogP contribution in [0.3, 0.4) is 0 Å². The van der Waals surface area contributed by atoms with Gasteiger partial charge in [0, 0.05) is 11.0 Å². The van der Waals surface area contributed by atoms with Crippen molar-refractivity contribution in [2.24, 2.45) is 5.92 Å². The summed E-state index contributed by atoms with van der Waals surface area (Å²) in [6.07, 6.45) is 4.37. The number of rotatable bonds is 5. The number of hydrogen-bond donors (Lipinski definition) is 2. The van der Waals surface area contributed by atoms with Gasteiger partial charge in [-0.3, -0.25) is 0 Å². The van der Waals surface area contributed by atoms with Crippen LogP contribution in [0.5, 0.6) is 0 Å². The maximum atomic E-state index is 12.2. The van der Waals surface area contributed by atoms with E-state index in [4.69, 9.17) is 0 Å². The molecule has 0 heterocycles. The van der Waals surface area contributed by atoms with Crippen molar-refractivity contribution in [3.8, 4) is 0 Å². The predicted molar refractivity (Wildman–Crippen MR) is 86.5 cm³/mol. The van der Waals surface area contributed by atoms with Crippen molar-refractivity contribution in [1.82, 2.24) is 4.72 Å². The third-order valence-electron chi connectivity index (χ3n) is 4.31. The summed E-state index contributed by atoms with van der Waals surface area (Å²) in [5.41, 5.74) is -0.912. The SMILES string of the molecule is CCC1CCC(O)(CNS(=O)(=O)c2cccc(Br)c2)CC1. The van der Waals surface area contributed by atoms with Gasteiger partial charge in [-0.2, -0.15) is 0 Å². The molecule has 1 fully saturated rings. The minimum Gasteiger partial charge on any atom is -0.389 e. The highest BCUT2D eigenvalue weighted by Gasteiger charge is 2.33. The van der Waals surface area contributed by atoms with Gasteiger partial charge in [-0.15, -0.1) is 0 Å². The molecule has 118 valence electrons. The van der Waals surface area contributed by atoms with Crippen LogP contribution in [0.4, 0.5) is 0 Å². The summed E-state index contributed by atoms with van der Waals surface area (Å²) in [5, 5.41) is 10.5. The summed E-state index contributed by atoms with van der Waals surface area (Å²) >= 11 is 3.27. The molecule has 1 aliphatic rings. The number of halogens is 1. The van der Waals surface area contributed by atoms with Crippen molar-refractivity contribution >= 4 is 26.0 Å². The minimum atomic E-state index is -3.58. The normalized spacial score (nSPS) is 26.7. The fraction of sp³-hybridized carbons (Fsp3) is 0.600. The molecule has 0 unspecified atom stereocenters. The summed E-state index contributed by atoms with van der Waals surface area (Å²) in [6, 6.07) is 6.56. The van der Waals surface area contributed by atoms with Crippen molar-refractivity contribution in [2.45, 2.75) is 49.5 Å². The van der Waals surface area contributed by atoms with Gasteiger partial charge in [0.15, 0.2) is 0 Å². The molecule has 0 saturated heterocycles. The van der Waals surface area contributed by atoms with Crippen LogP contribution in [0.15, 0.2) is 33.6 Å². The molecular weight excluding hydrogens is 354 g/mol. The molecule has 0 aliphatic heterocycles. The van der Waals surface area contributed by atoms with Gasteiger partial charge < -0.3 is 5.11 Å². The Labute approximate surface area is 135 Å². The van der Waals surface area contributed by atoms with Crippen molar-refractivity contribution in [3.63, 3.8) is 0 Å². The lowest BCUT2D eigenvalue weighted by Crippen LogP contribution is -2.45. The lowest BCUT2D eigenvalue weighted by Gasteiger charge is -2.35. The Balaban J connectivity index is 1.99. The second kappa shape index (κ2) is 6.77. The largest absolute Gasteiger partial charge is 0.389 e. The van der Waals surface area contributed by atoms with Crippen LogP contribution in [0.2, 0.25) is 0 Å². The maximum absolute atomic E-state index is 12.2. The van der Waals surface area contributed by atoms with E-state index in [0.717, 1.165) is 19.3 Å². The zero-order chi connectivity index (χ0) is 15.5. The minimum absolute atomic E-state index is 0.0816. The molecule has 1 aromatic rings. The van der Waals surface area contributed by atoms with Gasteiger partial charge in [-0.1, -0.05) is 35.3 Å². The third-order valence-corrected chi connectivity index (χ3v) is 6.20. The first-order valence-electron chi connectivity index (χ1n) is 7.32. The molecule has 6 heteroatoms. The van der Waals surface area contributed by atoms with Crippen LogP contribution in [0, 0.1) is 5.92 Å². The Hall–Kier alpha value is -0.430. The lowest BCUT2D eigenvalue weighted by atomic mass is 9.78. The average Bonchev–Trinajstić information content (AvgIpc) is 2.46. The first kappa shape index (κ1) is 16.9. The standard InChI is InChI=1S/C15H22BrNO3S/c1-2-12-6-8-15(18,9-7-12)11-17-21(19,20)14-5-3-4-13(16)10-14/h3-5,10,12,17-18H,2,6-9,11H2,1H3. The predicted octanol–water partition coefficient (Wildman–Crippen LogP) is 3.06. The second-order valence-corrected chi connectivity index (χ2v) is 8.54. The molecule has 0 aromatic heterocycles. The number of aliphatic hydroxyl groups is 1. The van der Waals surface area contributed by atoms with Crippen molar-refractivity contribution < 1.29 is 13.5 Å². The first-order chi connectivity index (χ1) is 9.85. The highest BCUT2D eigenvalue weighted by Crippen LogP contribution is 2.33. The molecule has 0 bridgehead atoms. The van der Waals surface area contributed by atoms with E-state index in [1.54, 1.807) is 24.3 Å². The third kappa shape index (κ3) is 4.52. The number of sulfonamides is 1. The Bertz CT molecular complexity index is 580. The Morgan fingerprint density at radius 1 is 1.38 bits per heavy atom. The Morgan fingerprint density at radius 3 is 2.62 bits per heavy atom. The van der Waals surface area contributed by atoms with Crippen molar-refractivity contribution in [3.05, 3.63) is 28.7 Å². The molecule has 21 heavy (non-hydrogen) atoms. The summed E-state index contributed by atoms with van der Waals surface area (Å²) in [6.45, 7) is 2.24. The summed E-state index contributed by atoms with van der Waals surface area (Å²) < 4.78 is 27.8.